The average molecular weight is 167 g/mol. The van der Waals surface area contributed by atoms with Crippen LogP contribution in [0.2, 0.25) is 0 Å². The standard InChI is InChI=1S/C6H11ClO3/c1-6(9,3-4-7)5(8)10-2/h9H,3-4H2,1-2H3. The SMILES string of the molecule is COC(=O)C(C)(O)CCCl. The molecule has 0 aromatic carbocycles. The number of alkyl halides is 1. The summed E-state index contributed by atoms with van der Waals surface area (Å²) in [4.78, 5) is 10.7. The van der Waals surface area contributed by atoms with Crippen LogP contribution in [0, 0.1) is 0 Å². The number of carbonyl (C=O) groups is 1. The Bertz CT molecular complexity index is 122. The van der Waals surface area contributed by atoms with Gasteiger partial charge in [0, 0.05) is 12.3 Å². The van der Waals surface area contributed by atoms with Gasteiger partial charge in [-0.15, -0.1) is 11.6 Å². The summed E-state index contributed by atoms with van der Waals surface area (Å²) in [6.45, 7) is 1.38. The molecule has 4 heteroatoms. The number of hydrogen-bond donors (Lipinski definition) is 1. The van der Waals surface area contributed by atoms with Crippen molar-refractivity contribution in [1.29, 1.82) is 0 Å². The summed E-state index contributed by atoms with van der Waals surface area (Å²) in [5, 5.41) is 9.22. The monoisotopic (exact) mass is 166 g/mol. The number of methoxy groups -OCH3 is 1. The minimum atomic E-state index is -1.43. The largest absolute Gasteiger partial charge is 0.467 e. The molecule has 0 saturated carbocycles. The highest BCUT2D eigenvalue weighted by atomic mass is 35.5. The highest BCUT2D eigenvalue weighted by molar-refractivity contribution is 6.18. The molecule has 0 aliphatic carbocycles. The van der Waals surface area contributed by atoms with Gasteiger partial charge in [-0.25, -0.2) is 4.79 Å². The number of ether oxygens (including phenoxy) is 1. The van der Waals surface area contributed by atoms with E-state index in [0.717, 1.165) is 0 Å². The molecule has 0 bridgehead atoms. The number of carbonyl (C=O) groups excluding carboxylic acids is 1. The molecule has 0 spiro atoms. The number of halogens is 1. The molecule has 60 valence electrons. The van der Waals surface area contributed by atoms with Crippen LogP contribution < -0.4 is 0 Å². The van der Waals surface area contributed by atoms with Gasteiger partial charge < -0.3 is 9.84 Å². The van der Waals surface area contributed by atoms with Gasteiger partial charge in [0.2, 0.25) is 0 Å². The first-order chi connectivity index (χ1) is 4.54. The van der Waals surface area contributed by atoms with E-state index >= 15 is 0 Å². The molecule has 0 saturated heterocycles. The molecule has 0 amide bonds. The first-order valence-electron chi connectivity index (χ1n) is 2.91. The van der Waals surface area contributed by atoms with E-state index in [4.69, 9.17) is 11.6 Å². The van der Waals surface area contributed by atoms with Gasteiger partial charge in [0.05, 0.1) is 7.11 Å². The average Bonchev–Trinajstić information content (AvgIpc) is 1.86. The van der Waals surface area contributed by atoms with Crippen LogP contribution in [0.15, 0.2) is 0 Å². The Labute approximate surface area is 64.9 Å². The second-order valence-corrected chi connectivity index (χ2v) is 2.58. The number of aliphatic hydroxyl groups is 1. The van der Waals surface area contributed by atoms with Crippen molar-refractivity contribution in [2.45, 2.75) is 18.9 Å². The maximum atomic E-state index is 10.7. The lowest BCUT2D eigenvalue weighted by atomic mass is 10.1. The minimum absolute atomic E-state index is 0.210. The quantitative estimate of drug-likeness (QED) is 0.492. The number of esters is 1. The molecule has 1 unspecified atom stereocenters. The molecule has 0 heterocycles. The fraction of sp³-hybridized carbons (Fsp3) is 0.833. The lowest BCUT2D eigenvalue weighted by Gasteiger charge is -2.17. The normalized spacial score (nSPS) is 16.0. The van der Waals surface area contributed by atoms with Gasteiger partial charge in [0.1, 0.15) is 0 Å². The minimum Gasteiger partial charge on any atom is -0.467 e. The van der Waals surface area contributed by atoms with Crippen molar-refractivity contribution in [1.82, 2.24) is 0 Å². The van der Waals surface area contributed by atoms with Crippen LogP contribution >= 0.6 is 11.6 Å². The Morgan fingerprint density at radius 2 is 2.30 bits per heavy atom. The lowest BCUT2D eigenvalue weighted by Crippen LogP contribution is -2.36. The summed E-state index contributed by atoms with van der Waals surface area (Å²) in [5.41, 5.74) is -1.43. The molecule has 0 aromatic heterocycles. The predicted molar refractivity (Wildman–Crippen MR) is 38.0 cm³/mol. The van der Waals surface area contributed by atoms with Gasteiger partial charge in [-0.1, -0.05) is 0 Å². The van der Waals surface area contributed by atoms with Crippen LogP contribution in [0.1, 0.15) is 13.3 Å². The zero-order valence-electron chi connectivity index (χ0n) is 6.06. The topological polar surface area (TPSA) is 46.5 Å². The fourth-order valence-corrected chi connectivity index (χ4v) is 0.874. The van der Waals surface area contributed by atoms with E-state index in [2.05, 4.69) is 4.74 Å². The van der Waals surface area contributed by atoms with Gasteiger partial charge in [-0.3, -0.25) is 0 Å². The van der Waals surface area contributed by atoms with Crippen LogP contribution in [-0.4, -0.2) is 29.7 Å². The maximum Gasteiger partial charge on any atom is 0.337 e. The highest BCUT2D eigenvalue weighted by Crippen LogP contribution is 2.11. The van der Waals surface area contributed by atoms with Crippen LogP contribution in [0.3, 0.4) is 0 Å². The first-order valence-corrected chi connectivity index (χ1v) is 3.45. The van der Waals surface area contributed by atoms with E-state index in [1.165, 1.54) is 14.0 Å². The van der Waals surface area contributed by atoms with E-state index in [-0.39, 0.29) is 12.3 Å². The van der Waals surface area contributed by atoms with Gasteiger partial charge in [-0.05, 0) is 6.92 Å². The van der Waals surface area contributed by atoms with Crippen molar-refractivity contribution in [3.05, 3.63) is 0 Å². The van der Waals surface area contributed by atoms with Gasteiger partial charge in [-0.2, -0.15) is 0 Å². The zero-order chi connectivity index (χ0) is 8.20. The van der Waals surface area contributed by atoms with Crippen molar-refractivity contribution >= 4 is 17.6 Å². The maximum absolute atomic E-state index is 10.7. The van der Waals surface area contributed by atoms with Crippen molar-refractivity contribution in [3.8, 4) is 0 Å². The second kappa shape index (κ2) is 3.78. The van der Waals surface area contributed by atoms with Crippen molar-refractivity contribution in [2.24, 2.45) is 0 Å². The zero-order valence-corrected chi connectivity index (χ0v) is 6.81. The summed E-state index contributed by atoms with van der Waals surface area (Å²) >= 11 is 5.32. The first kappa shape index (κ1) is 9.72. The Hall–Kier alpha value is -0.280. The molecule has 0 aliphatic rings. The molecular weight excluding hydrogens is 156 g/mol. The summed E-state index contributed by atoms with van der Waals surface area (Å²) in [5.74, 6) is -0.407. The Morgan fingerprint density at radius 1 is 1.80 bits per heavy atom. The smallest absolute Gasteiger partial charge is 0.337 e. The molecule has 0 fully saturated rings. The van der Waals surface area contributed by atoms with E-state index in [0.29, 0.717) is 0 Å². The summed E-state index contributed by atoms with van der Waals surface area (Å²) in [6.07, 6.45) is 0.210. The Morgan fingerprint density at radius 3 is 2.60 bits per heavy atom. The van der Waals surface area contributed by atoms with Crippen molar-refractivity contribution in [3.63, 3.8) is 0 Å². The molecular formula is C6H11ClO3. The lowest BCUT2D eigenvalue weighted by molar-refractivity contribution is -0.160. The molecule has 1 atom stereocenters. The molecule has 0 aromatic rings. The number of hydrogen-bond acceptors (Lipinski definition) is 3. The highest BCUT2D eigenvalue weighted by Gasteiger charge is 2.30. The molecule has 10 heavy (non-hydrogen) atoms. The van der Waals surface area contributed by atoms with Crippen molar-refractivity contribution < 1.29 is 14.6 Å². The molecule has 1 N–H and O–H groups in total. The van der Waals surface area contributed by atoms with Gasteiger partial charge in [0.15, 0.2) is 5.60 Å². The third-order valence-corrected chi connectivity index (χ3v) is 1.40. The third kappa shape index (κ3) is 2.54. The van der Waals surface area contributed by atoms with E-state index in [1.807, 2.05) is 0 Å². The van der Waals surface area contributed by atoms with E-state index < -0.39 is 11.6 Å². The van der Waals surface area contributed by atoms with E-state index in [1.54, 1.807) is 0 Å². The van der Waals surface area contributed by atoms with Crippen LogP contribution in [-0.2, 0) is 9.53 Å². The summed E-state index contributed by atoms with van der Waals surface area (Å²) < 4.78 is 4.32. The molecule has 0 rings (SSSR count). The van der Waals surface area contributed by atoms with Crippen molar-refractivity contribution in [2.75, 3.05) is 13.0 Å². The van der Waals surface area contributed by atoms with Crippen LogP contribution in [0.25, 0.3) is 0 Å². The Kier molecular flexibility index (Phi) is 3.68. The van der Waals surface area contributed by atoms with Gasteiger partial charge >= 0.3 is 5.97 Å². The number of rotatable bonds is 3. The molecule has 3 nitrogen and oxygen atoms in total. The third-order valence-electron chi connectivity index (χ3n) is 1.21. The summed E-state index contributed by atoms with van der Waals surface area (Å²) in [6, 6.07) is 0. The fourth-order valence-electron chi connectivity index (χ4n) is 0.506. The van der Waals surface area contributed by atoms with Crippen LogP contribution in [0.5, 0.6) is 0 Å². The van der Waals surface area contributed by atoms with Gasteiger partial charge in [0.25, 0.3) is 0 Å². The molecule has 0 radical (unpaired) electrons. The summed E-state index contributed by atoms with van der Waals surface area (Å²) in [7, 11) is 1.23. The molecule has 0 aliphatic heterocycles. The predicted octanol–water partition coefficient (Wildman–Crippen LogP) is 0.539. The Balaban J connectivity index is 3.96. The second-order valence-electron chi connectivity index (χ2n) is 2.20. The van der Waals surface area contributed by atoms with E-state index in [9.17, 15) is 9.90 Å². The van der Waals surface area contributed by atoms with Crippen LogP contribution in [0.4, 0.5) is 0 Å².